The Morgan fingerprint density at radius 1 is 1.16 bits per heavy atom. The third-order valence-corrected chi connectivity index (χ3v) is 4.84. The first-order chi connectivity index (χ1) is 14.8. The first kappa shape index (κ1) is 20.4. The summed E-state index contributed by atoms with van der Waals surface area (Å²) in [6, 6.07) is 6.71. The van der Waals surface area contributed by atoms with Gasteiger partial charge in [0.2, 0.25) is 5.65 Å². The maximum Gasteiger partial charge on any atom is 0.368 e. The van der Waals surface area contributed by atoms with Gasteiger partial charge in [0.15, 0.2) is 5.82 Å². The van der Waals surface area contributed by atoms with Gasteiger partial charge in [-0.3, -0.25) is 4.98 Å². The van der Waals surface area contributed by atoms with E-state index in [2.05, 4.69) is 25.0 Å². The fourth-order valence-corrected chi connectivity index (χ4v) is 3.19. The summed E-state index contributed by atoms with van der Waals surface area (Å²) in [6.45, 7) is 4.12. The van der Waals surface area contributed by atoms with Gasteiger partial charge in [-0.05, 0) is 36.0 Å². The number of rotatable bonds is 6. The number of nitro groups is 1. The van der Waals surface area contributed by atoms with Gasteiger partial charge in [-0.15, -0.1) is 0 Å². The average molecular weight is 441 g/mol. The molecule has 0 unspecified atom stereocenters. The molecule has 11 nitrogen and oxygen atoms in total. The molecule has 0 radical (unpaired) electrons. The molecular formula is C19H17ClN8O3. The predicted molar refractivity (Wildman–Crippen MR) is 113 cm³/mol. The Bertz CT molecular complexity index is 1280. The van der Waals surface area contributed by atoms with Crippen LogP contribution in [0.5, 0.6) is 11.6 Å². The van der Waals surface area contributed by atoms with E-state index < -0.39 is 4.92 Å². The van der Waals surface area contributed by atoms with Crippen LogP contribution in [0.4, 0.5) is 11.6 Å². The van der Waals surface area contributed by atoms with Crippen LogP contribution in [0.2, 0.25) is 5.02 Å². The van der Waals surface area contributed by atoms with Crippen LogP contribution in [0.1, 0.15) is 17.2 Å². The van der Waals surface area contributed by atoms with Crippen molar-refractivity contribution in [3.8, 4) is 11.6 Å². The molecule has 158 valence electrons. The van der Waals surface area contributed by atoms with E-state index in [0.717, 1.165) is 22.1 Å². The van der Waals surface area contributed by atoms with Crippen LogP contribution in [0.25, 0.3) is 5.65 Å². The topological polar surface area (TPSA) is 124 Å². The number of aromatic nitrogens is 6. The second-order valence-corrected chi connectivity index (χ2v) is 7.13. The Morgan fingerprint density at radius 2 is 1.97 bits per heavy atom. The van der Waals surface area contributed by atoms with E-state index in [0.29, 0.717) is 34.6 Å². The molecule has 12 heteroatoms. The van der Waals surface area contributed by atoms with E-state index in [-0.39, 0.29) is 11.7 Å². The quantitative estimate of drug-likeness (QED) is 0.327. The van der Waals surface area contributed by atoms with Crippen molar-refractivity contribution in [3.63, 3.8) is 0 Å². The molecule has 0 spiro atoms. The van der Waals surface area contributed by atoms with E-state index in [1.165, 1.54) is 0 Å². The standard InChI is InChI=1S/C19H17ClN8O3/c1-11-18(20)19(24-12(2)23-11)26(3)10-13-4-5-14(8-21-13)31-16-7-6-15-22-9-17(28(29)30)27(15)25-16/h4-9H,10H2,1-3H3. The van der Waals surface area contributed by atoms with Gasteiger partial charge in [0, 0.05) is 19.2 Å². The Balaban J connectivity index is 1.49. The number of ether oxygens (including phenoxy) is 1. The van der Waals surface area contributed by atoms with Gasteiger partial charge in [0.1, 0.15) is 22.8 Å². The zero-order valence-corrected chi connectivity index (χ0v) is 17.6. The molecule has 0 atom stereocenters. The number of hydrogen-bond acceptors (Lipinski definition) is 9. The lowest BCUT2D eigenvalue weighted by Gasteiger charge is -2.20. The highest BCUT2D eigenvalue weighted by Gasteiger charge is 2.17. The van der Waals surface area contributed by atoms with Gasteiger partial charge in [-0.2, -0.15) is 0 Å². The van der Waals surface area contributed by atoms with E-state index in [9.17, 15) is 10.1 Å². The first-order valence-corrected chi connectivity index (χ1v) is 9.53. The number of hydrogen-bond donors (Lipinski definition) is 0. The Kier molecular flexibility index (Phi) is 5.34. The summed E-state index contributed by atoms with van der Waals surface area (Å²) in [7, 11) is 1.87. The second kappa shape index (κ2) is 8.11. The van der Waals surface area contributed by atoms with E-state index in [1.807, 2.05) is 25.8 Å². The molecule has 4 heterocycles. The van der Waals surface area contributed by atoms with Gasteiger partial charge in [-0.1, -0.05) is 16.1 Å². The maximum atomic E-state index is 11.1. The minimum absolute atomic E-state index is 0.180. The van der Waals surface area contributed by atoms with Crippen LogP contribution in [-0.2, 0) is 6.54 Å². The van der Waals surface area contributed by atoms with Crippen molar-refractivity contribution in [1.82, 2.24) is 29.5 Å². The lowest BCUT2D eigenvalue weighted by molar-refractivity contribution is -0.391. The highest BCUT2D eigenvalue weighted by Crippen LogP contribution is 2.26. The number of fused-ring (bicyclic) bond motifs is 1. The third-order valence-electron chi connectivity index (χ3n) is 4.40. The number of anilines is 1. The number of pyridine rings is 1. The van der Waals surface area contributed by atoms with E-state index in [4.69, 9.17) is 16.3 Å². The number of halogens is 1. The van der Waals surface area contributed by atoms with Gasteiger partial charge in [0.25, 0.3) is 5.88 Å². The number of aryl methyl sites for hydroxylation is 2. The minimum atomic E-state index is -0.559. The van der Waals surface area contributed by atoms with Crippen molar-refractivity contribution < 1.29 is 9.66 Å². The van der Waals surface area contributed by atoms with E-state index >= 15 is 0 Å². The van der Waals surface area contributed by atoms with Crippen molar-refractivity contribution in [3.05, 3.63) is 69.0 Å². The fraction of sp³-hybridized carbons (Fsp3) is 0.211. The molecule has 0 aliphatic rings. The molecule has 4 aromatic rings. The SMILES string of the molecule is Cc1nc(C)c(Cl)c(N(C)Cc2ccc(Oc3ccc4ncc([N+](=O)[O-])n4n3)cn2)n1. The summed E-state index contributed by atoms with van der Waals surface area (Å²) in [5.41, 5.74) is 1.84. The lowest BCUT2D eigenvalue weighted by Crippen LogP contribution is -2.20. The number of nitrogens with zero attached hydrogens (tertiary/aromatic N) is 8. The van der Waals surface area contributed by atoms with Crippen molar-refractivity contribution in [1.29, 1.82) is 0 Å². The van der Waals surface area contributed by atoms with Gasteiger partial charge < -0.3 is 19.8 Å². The van der Waals surface area contributed by atoms with Crippen molar-refractivity contribution >= 4 is 28.9 Å². The normalized spacial score (nSPS) is 11.0. The summed E-state index contributed by atoms with van der Waals surface area (Å²) in [5.74, 6) is 1.65. The largest absolute Gasteiger partial charge is 0.434 e. The zero-order valence-electron chi connectivity index (χ0n) is 16.9. The molecule has 0 amide bonds. The maximum absolute atomic E-state index is 11.1. The molecule has 0 bridgehead atoms. The van der Waals surface area contributed by atoms with Gasteiger partial charge in [0.05, 0.1) is 24.1 Å². The lowest BCUT2D eigenvalue weighted by atomic mass is 10.3. The monoisotopic (exact) mass is 440 g/mol. The summed E-state index contributed by atoms with van der Waals surface area (Å²) in [5, 5.41) is 15.7. The Morgan fingerprint density at radius 3 is 2.68 bits per heavy atom. The van der Waals surface area contributed by atoms with Crippen molar-refractivity contribution in [2.45, 2.75) is 20.4 Å². The zero-order chi connectivity index (χ0) is 22.1. The number of imidazole rings is 1. The fourth-order valence-electron chi connectivity index (χ4n) is 2.96. The molecule has 0 fully saturated rings. The molecule has 0 N–H and O–H groups in total. The van der Waals surface area contributed by atoms with Crippen LogP contribution in [0.15, 0.2) is 36.7 Å². The second-order valence-electron chi connectivity index (χ2n) is 6.75. The molecule has 31 heavy (non-hydrogen) atoms. The summed E-state index contributed by atoms with van der Waals surface area (Å²) < 4.78 is 6.80. The summed E-state index contributed by atoms with van der Waals surface area (Å²) in [4.78, 5) is 29.4. The molecule has 0 aromatic carbocycles. The smallest absolute Gasteiger partial charge is 0.368 e. The van der Waals surface area contributed by atoms with Crippen LogP contribution in [0, 0.1) is 24.0 Å². The highest BCUT2D eigenvalue weighted by atomic mass is 35.5. The van der Waals surface area contributed by atoms with Crippen LogP contribution < -0.4 is 9.64 Å². The molecular weight excluding hydrogens is 424 g/mol. The summed E-state index contributed by atoms with van der Waals surface area (Å²) >= 11 is 6.34. The molecule has 4 aromatic heterocycles. The average Bonchev–Trinajstić information content (AvgIpc) is 3.15. The Hall–Kier alpha value is -3.86. The summed E-state index contributed by atoms with van der Waals surface area (Å²) in [6.07, 6.45) is 2.70. The predicted octanol–water partition coefficient (Wildman–Crippen LogP) is 3.52. The van der Waals surface area contributed by atoms with Crippen molar-refractivity contribution in [2.75, 3.05) is 11.9 Å². The van der Waals surface area contributed by atoms with Gasteiger partial charge >= 0.3 is 5.82 Å². The van der Waals surface area contributed by atoms with Gasteiger partial charge in [-0.25, -0.2) is 15.0 Å². The third kappa shape index (κ3) is 4.21. The van der Waals surface area contributed by atoms with Crippen molar-refractivity contribution in [2.24, 2.45) is 0 Å². The first-order valence-electron chi connectivity index (χ1n) is 9.15. The van der Waals surface area contributed by atoms with E-state index in [1.54, 1.807) is 30.5 Å². The molecule has 0 aliphatic carbocycles. The molecule has 4 rings (SSSR count). The van der Waals surface area contributed by atoms with Crippen LogP contribution in [0.3, 0.4) is 0 Å². The molecule has 0 aliphatic heterocycles. The Labute approximate surface area is 181 Å². The highest BCUT2D eigenvalue weighted by molar-refractivity contribution is 6.33. The molecule has 0 saturated carbocycles. The van der Waals surface area contributed by atoms with Crippen LogP contribution in [-0.4, -0.2) is 41.5 Å². The minimum Gasteiger partial charge on any atom is -0.434 e. The van der Waals surface area contributed by atoms with Crippen LogP contribution >= 0.6 is 11.6 Å². The molecule has 0 saturated heterocycles.